The summed E-state index contributed by atoms with van der Waals surface area (Å²) in [6.45, 7) is 1.32. The van der Waals surface area contributed by atoms with Crippen molar-refractivity contribution in [1.29, 1.82) is 0 Å². The van der Waals surface area contributed by atoms with Crippen LogP contribution >= 0.6 is 12.2 Å². The first-order valence-corrected chi connectivity index (χ1v) is 12.4. The highest BCUT2D eigenvalue weighted by molar-refractivity contribution is 7.80. The van der Waals surface area contributed by atoms with Crippen LogP contribution in [0.25, 0.3) is 0 Å². The van der Waals surface area contributed by atoms with Crippen LogP contribution in [0.5, 0.6) is 17.2 Å². The summed E-state index contributed by atoms with van der Waals surface area (Å²) in [5.74, 6) is 1.68. The molecule has 0 fully saturated rings. The molecule has 0 aromatic heterocycles. The lowest BCUT2D eigenvalue weighted by Gasteiger charge is -2.13. The van der Waals surface area contributed by atoms with Crippen LogP contribution < -0.4 is 24.8 Å². The first-order valence-electron chi connectivity index (χ1n) is 12.0. The molecular formula is C30H28N2O4S. The van der Waals surface area contributed by atoms with E-state index in [-0.39, 0.29) is 11.0 Å². The Hall–Kier alpha value is -4.36. The van der Waals surface area contributed by atoms with Crippen molar-refractivity contribution in [3.05, 3.63) is 120 Å². The van der Waals surface area contributed by atoms with Crippen molar-refractivity contribution in [2.45, 2.75) is 6.42 Å². The lowest BCUT2D eigenvalue weighted by Crippen LogP contribution is -2.34. The van der Waals surface area contributed by atoms with Crippen LogP contribution in [0.15, 0.2) is 109 Å². The molecule has 0 radical (unpaired) electrons. The quantitative estimate of drug-likeness (QED) is 0.193. The average Bonchev–Trinajstić information content (AvgIpc) is 2.93. The van der Waals surface area contributed by atoms with Gasteiger partial charge in [0.1, 0.15) is 30.5 Å². The fraction of sp³-hybridized carbons (Fsp3) is 0.133. The van der Waals surface area contributed by atoms with E-state index in [0.717, 1.165) is 17.9 Å². The van der Waals surface area contributed by atoms with Gasteiger partial charge in [0.05, 0.1) is 12.2 Å². The fourth-order valence-electron chi connectivity index (χ4n) is 3.51. The molecule has 0 aliphatic heterocycles. The van der Waals surface area contributed by atoms with Gasteiger partial charge in [-0.2, -0.15) is 0 Å². The van der Waals surface area contributed by atoms with E-state index in [1.807, 2.05) is 91.0 Å². The van der Waals surface area contributed by atoms with Gasteiger partial charge in [0.2, 0.25) is 0 Å². The zero-order valence-electron chi connectivity index (χ0n) is 20.3. The number of benzene rings is 4. The van der Waals surface area contributed by atoms with Crippen molar-refractivity contribution in [2.75, 3.05) is 25.1 Å². The smallest absolute Gasteiger partial charge is 0.261 e. The SMILES string of the molecule is O=C(NC(=S)Nc1ccc(OCCOc2ccccc2)cc1)c1ccccc1OCCc1ccccc1. The summed E-state index contributed by atoms with van der Waals surface area (Å²) in [5.41, 5.74) is 2.32. The number of rotatable bonds is 11. The average molecular weight is 513 g/mol. The molecule has 4 rings (SSSR count). The summed E-state index contributed by atoms with van der Waals surface area (Å²) in [6.07, 6.45) is 0.747. The Morgan fingerprint density at radius 3 is 1.95 bits per heavy atom. The second kappa shape index (κ2) is 13.7. The Labute approximate surface area is 222 Å². The molecule has 2 N–H and O–H groups in total. The van der Waals surface area contributed by atoms with E-state index in [0.29, 0.717) is 36.9 Å². The molecule has 6 nitrogen and oxygen atoms in total. The van der Waals surface area contributed by atoms with Crippen molar-refractivity contribution in [2.24, 2.45) is 0 Å². The van der Waals surface area contributed by atoms with E-state index in [4.69, 9.17) is 26.4 Å². The molecule has 0 aliphatic rings. The third-order valence-electron chi connectivity index (χ3n) is 5.33. The van der Waals surface area contributed by atoms with E-state index in [2.05, 4.69) is 10.6 Å². The minimum Gasteiger partial charge on any atom is -0.492 e. The molecule has 7 heteroatoms. The summed E-state index contributed by atoms with van der Waals surface area (Å²) < 4.78 is 17.2. The summed E-state index contributed by atoms with van der Waals surface area (Å²) in [5, 5.41) is 5.93. The molecule has 0 bridgehead atoms. The van der Waals surface area contributed by atoms with E-state index in [1.165, 1.54) is 5.56 Å². The Morgan fingerprint density at radius 2 is 1.24 bits per heavy atom. The number of hydrogen-bond donors (Lipinski definition) is 2. The van der Waals surface area contributed by atoms with Gasteiger partial charge in [0.25, 0.3) is 5.91 Å². The maximum Gasteiger partial charge on any atom is 0.261 e. The number of carbonyl (C=O) groups is 1. The maximum absolute atomic E-state index is 12.9. The number of ether oxygens (including phenoxy) is 3. The molecule has 0 saturated heterocycles. The number of nitrogens with one attached hydrogen (secondary N) is 2. The molecule has 0 heterocycles. The zero-order valence-corrected chi connectivity index (χ0v) is 21.1. The van der Waals surface area contributed by atoms with Gasteiger partial charge in [-0.15, -0.1) is 0 Å². The molecule has 0 aliphatic carbocycles. The Morgan fingerprint density at radius 1 is 0.649 bits per heavy atom. The predicted molar refractivity (Wildman–Crippen MR) is 150 cm³/mol. The second-order valence-electron chi connectivity index (χ2n) is 8.02. The van der Waals surface area contributed by atoms with Crippen LogP contribution in [0.3, 0.4) is 0 Å². The van der Waals surface area contributed by atoms with Crippen LogP contribution in [0, 0.1) is 0 Å². The lowest BCUT2D eigenvalue weighted by atomic mass is 10.1. The van der Waals surface area contributed by atoms with Gasteiger partial charge in [-0.25, -0.2) is 0 Å². The molecule has 0 spiro atoms. The van der Waals surface area contributed by atoms with Crippen LogP contribution in [0.2, 0.25) is 0 Å². The third-order valence-corrected chi connectivity index (χ3v) is 5.53. The predicted octanol–water partition coefficient (Wildman–Crippen LogP) is 5.89. The van der Waals surface area contributed by atoms with Crippen LogP contribution in [0.1, 0.15) is 15.9 Å². The number of hydrogen-bond acceptors (Lipinski definition) is 5. The van der Waals surface area contributed by atoms with Crippen LogP contribution in [0.4, 0.5) is 5.69 Å². The molecule has 0 saturated carbocycles. The molecule has 37 heavy (non-hydrogen) atoms. The number of thiocarbonyl (C=S) groups is 1. The summed E-state index contributed by atoms with van der Waals surface area (Å²) in [7, 11) is 0. The Balaban J connectivity index is 1.22. The van der Waals surface area contributed by atoms with Gasteiger partial charge in [-0.1, -0.05) is 60.7 Å². The third kappa shape index (κ3) is 8.37. The standard InChI is InChI=1S/C30H28N2O4S/c33-29(27-13-7-8-14-28(27)36-20-19-23-9-3-1-4-10-23)32-30(37)31-24-15-17-26(18-16-24)35-22-21-34-25-11-5-2-6-12-25/h1-18H,19-22H2,(H2,31,32,33,37). The first-order chi connectivity index (χ1) is 18.2. The summed E-state index contributed by atoms with van der Waals surface area (Å²) >= 11 is 5.34. The molecule has 0 unspecified atom stereocenters. The van der Waals surface area contributed by atoms with Gasteiger partial charge in [0.15, 0.2) is 5.11 Å². The lowest BCUT2D eigenvalue weighted by molar-refractivity contribution is 0.0974. The largest absolute Gasteiger partial charge is 0.492 e. The highest BCUT2D eigenvalue weighted by atomic mass is 32.1. The second-order valence-corrected chi connectivity index (χ2v) is 8.43. The topological polar surface area (TPSA) is 68.8 Å². The number of anilines is 1. The van der Waals surface area contributed by atoms with Crippen molar-refractivity contribution in [3.63, 3.8) is 0 Å². The van der Waals surface area contributed by atoms with E-state index >= 15 is 0 Å². The number of para-hydroxylation sites is 2. The van der Waals surface area contributed by atoms with E-state index in [9.17, 15) is 4.79 Å². The van der Waals surface area contributed by atoms with Gasteiger partial charge < -0.3 is 19.5 Å². The van der Waals surface area contributed by atoms with Gasteiger partial charge >= 0.3 is 0 Å². The summed E-state index contributed by atoms with van der Waals surface area (Å²) in [6, 6.07) is 34.1. The molecule has 1 amide bonds. The van der Waals surface area contributed by atoms with Crippen molar-refractivity contribution >= 4 is 28.9 Å². The highest BCUT2D eigenvalue weighted by Crippen LogP contribution is 2.19. The van der Waals surface area contributed by atoms with E-state index in [1.54, 1.807) is 18.2 Å². The monoisotopic (exact) mass is 512 g/mol. The molecular weight excluding hydrogens is 484 g/mol. The Bertz CT molecular complexity index is 1280. The van der Waals surface area contributed by atoms with Crippen molar-refractivity contribution in [1.82, 2.24) is 5.32 Å². The van der Waals surface area contributed by atoms with Crippen LogP contribution in [-0.2, 0) is 6.42 Å². The van der Waals surface area contributed by atoms with E-state index < -0.39 is 0 Å². The number of amides is 1. The normalized spacial score (nSPS) is 10.3. The maximum atomic E-state index is 12.9. The van der Waals surface area contributed by atoms with Gasteiger partial charge in [-0.05, 0) is 66.3 Å². The highest BCUT2D eigenvalue weighted by Gasteiger charge is 2.14. The molecule has 0 atom stereocenters. The zero-order chi connectivity index (χ0) is 25.7. The molecule has 4 aromatic rings. The van der Waals surface area contributed by atoms with Crippen LogP contribution in [-0.4, -0.2) is 30.8 Å². The fourth-order valence-corrected chi connectivity index (χ4v) is 3.72. The minimum absolute atomic E-state index is 0.189. The molecule has 4 aromatic carbocycles. The van der Waals surface area contributed by atoms with Gasteiger partial charge in [0, 0.05) is 12.1 Å². The van der Waals surface area contributed by atoms with Crippen molar-refractivity contribution in [3.8, 4) is 17.2 Å². The van der Waals surface area contributed by atoms with Crippen molar-refractivity contribution < 1.29 is 19.0 Å². The molecule has 188 valence electrons. The first kappa shape index (κ1) is 25.7. The van der Waals surface area contributed by atoms with Gasteiger partial charge in [-0.3, -0.25) is 10.1 Å². The Kier molecular flexibility index (Phi) is 9.49. The summed E-state index contributed by atoms with van der Waals surface area (Å²) in [4.78, 5) is 12.9. The number of carbonyl (C=O) groups excluding carboxylic acids is 1. The minimum atomic E-state index is -0.341.